The molecule has 0 heterocycles. The lowest BCUT2D eigenvalue weighted by molar-refractivity contribution is -0.141. The zero-order valence-corrected chi connectivity index (χ0v) is 14.4. The lowest BCUT2D eigenvalue weighted by Crippen LogP contribution is -2.14. The maximum absolute atomic E-state index is 10.5. The fourth-order valence-corrected chi connectivity index (χ4v) is 0.794. The summed E-state index contributed by atoms with van der Waals surface area (Å²) < 4.78 is 30.2. The molecule has 0 bridgehead atoms. The molecule has 0 aromatic heterocycles. The zero-order valence-electron chi connectivity index (χ0n) is 13.6. The summed E-state index contributed by atoms with van der Waals surface area (Å²) in [5, 5.41) is 8.06. The van der Waals surface area contributed by atoms with Crippen LogP contribution in [0.4, 0.5) is 0 Å². The van der Waals surface area contributed by atoms with Gasteiger partial charge in [-0.15, -0.1) is 0 Å². The van der Waals surface area contributed by atoms with E-state index in [4.69, 9.17) is 21.1 Å². The van der Waals surface area contributed by atoms with Gasteiger partial charge in [0.2, 0.25) is 0 Å². The molecule has 0 radical (unpaired) electrons. The van der Waals surface area contributed by atoms with Gasteiger partial charge in [0, 0.05) is 12.8 Å². The molecule has 6 N–H and O–H groups in total. The highest BCUT2D eigenvalue weighted by Gasteiger charge is 2.03. The Balaban J connectivity index is -0.000000291. The number of nitrogens with two attached hydrogens (primary N) is 2. The highest BCUT2D eigenvalue weighted by atomic mass is 32.2. The summed E-state index contributed by atoms with van der Waals surface area (Å²) in [6, 6.07) is 0. The van der Waals surface area contributed by atoms with Gasteiger partial charge in [-0.2, -0.15) is 8.42 Å². The summed E-state index contributed by atoms with van der Waals surface area (Å²) in [6.07, 6.45) is 0.963. The molecule has 12 heteroatoms. The Bertz CT molecular complexity index is 479. The summed E-state index contributed by atoms with van der Waals surface area (Å²) in [7, 11) is -2.38. The van der Waals surface area contributed by atoms with Crippen molar-refractivity contribution in [3.63, 3.8) is 0 Å². The molecular formula is C12H24N2O9S. The first-order valence-electron chi connectivity index (χ1n) is 6.51. The minimum Gasteiger partial charge on any atom is -0.481 e. The number of Topliss-reactive ketones (excluding diaryl/α,β-unsaturated/α-hetero) is 2. The Hall–Kier alpha value is -1.89. The van der Waals surface area contributed by atoms with Crippen LogP contribution in [0.1, 0.15) is 25.7 Å². The van der Waals surface area contributed by atoms with E-state index in [2.05, 4.69) is 4.74 Å². The zero-order chi connectivity index (χ0) is 19.8. The Morgan fingerprint density at radius 2 is 1.25 bits per heavy atom. The van der Waals surface area contributed by atoms with E-state index in [1.54, 1.807) is 0 Å². The molecule has 11 nitrogen and oxygen atoms in total. The highest BCUT2D eigenvalue weighted by Crippen LogP contribution is 1.91. The molecule has 142 valence electrons. The third-order valence-electron chi connectivity index (χ3n) is 1.91. The minimum atomic E-state index is -3.67. The Kier molecular flexibility index (Phi) is 18.0. The molecule has 0 aliphatic heterocycles. The predicted molar refractivity (Wildman–Crippen MR) is 83.7 cm³/mol. The molecule has 0 amide bonds. The average Bonchev–Trinajstić information content (AvgIpc) is 2.48. The second kappa shape index (κ2) is 16.0. The van der Waals surface area contributed by atoms with E-state index in [0.29, 0.717) is 6.26 Å². The standard InChI is InChI=1S/C6H11NO3.C5H9NO3.CH4O3S/c1-10-6(9)3-2-5(8)4-7;6-3-4(7)1-2-5(8)9;1-5(2,3)4/h2-4,7H2,1H3;1-3,6H2,(H,8,9);1H3,(H,2,3,4). The van der Waals surface area contributed by atoms with E-state index in [9.17, 15) is 27.6 Å². The number of esters is 1. The van der Waals surface area contributed by atoms with E-state index in [0.717, 1.165) is 0 Å². The minimum absolute atomic E-state index is 0.00298. The van der Waals surface area contributed by atoms with Crippen molar-refractivity contribution in [2.45, 2.75) is 25.7 Å². The Labute approximate surface area is 140 Å². The number of rotatable bonds is 8. The smallest absolute Gasteiger partial charge is 0.305 e. The van der Waals surface area contributed by atoms with Crippen LogP contribution in [0.2, 0.25) is 0 Å². The van der Waals surface area contributed by atoms with Gasteiger partial charge in [-0.3, -0.25) is 23.7 Å². The number of carboxylic acids is 1. The molecule has 0 aromatic carbocycles. The molecule has 0 unspecified atom stereocenters. The van der Waals surface area contributed by atoms with Gasteiger partial charge in [0.1, 0.15) is 11.6 Å². The van der Waals surface area contributed by atoms with Crippen LogP contribution in [0.3, 0.4) is 0 Å². The third kappa shape index (κ3) is 36.9. The summed E-state index contributed by atoms with van der Waals surface area (Å²) in [5.41, 5.74) is 9.91. The summed E-state index contributed by atoms with van der Waals surface area (Å²) in [4.78, 5) is 41.1. The van der Waals surface area contributed by atoms with Crippen LogP contribution in [0.25, 0.3) is 0 Å². The van der Waals surface area contributed by atoms with Crippen LogP contribution >= 0.6 is 0 Å². The fraction of sp³-hybridized carbons (Fsp3) is 0.667. The molecule has 0 saturated carbocycles. The first-order valence-corrected chi connectivity index (χ1v) is 8.36. The van der Waals surface area contributed by atoms with Crippen molar-refractivity contribution in [3.05, 3.63) is 0 Å². The van der Waals surface area contributed by atoms with Gasteiger partial charge < -0.3 is 21.3 Å². The third-order valence-corrected chi connectivity index (χ3v) is 1.91. The maximum Gasteiger partial charge on any atom is 0.305 e. The van der Waals surface area contributed by atoms with Crippen LogP contribution in [0, 0.1) is 0 Å². The number of hydrogen-bond acceptors (Lipinski definition) is 9. The molecule has 24 heavy (non-hydrogen) atoms. The topological polar surface area (TPSA) is 204 Å². The van der Waals surface area contributed by atoms with Crippen molar-refractivity contribution in [2.24, 2.45) is 11.5 Å². The molecule has 0 aromatic rings. The van der Waals surface area contributed by atoms with Gasteiger partial charge in [-0.25, -0.2) is 0 Å². The van der Waals surface area contributed by atoms with Crippen LogP contribution in [-0.2, 0) is 34.0 Å². The second-order valence-corrected chi connectivity index (χ2v) is 5.65. The van der Waals surface area contributed by atoms with Crippen LogP contribution in [0.15, 0.2) is 0 Å². The molecular weight excluding hydrogens is 348 g/mol. The second-order valence-electron chi connectivity index (χ2n) is 4.19. The molecule has 0 aliphatic rings. The van der Waals surface area contributed by atoms with Crippen LogP contribution < -0.4 is 11.5 Å². The van der Waals surface area contributed by atoms with Gasteiger partial charge in [0.05, 0.1) is 39.3 Å². The number of ketones is 2. The summed E-state index contributed by atoms with van der Waals surface area (Å²) in [5.74, 6) is -1.67. The monoisotopic (exact) mass is 372 g/mol. The van der Waals surface area contributed by atoms with E-state index >= 15 is 0 Å². The number of hydrogen-bond donors (Lipinski definition) is 4. The maximum atomic E-state index is 10.5. The predicted octanol–water partition coefficient (Wildman–Crippen LogP) is -1.65. The van der Waals surface area contributed by atoms with E-state index in [1.807, 2.05) is 0 Å². The number of carbonyl (C=O) groups is 4. The largest absolute Gasteiger partial charge is 0.481 e. The Morgan fingerprint density at radius 1 is 0.917 bits per heavy atom. The van der Waals surface area contributed by atoms with Crippen LogP contribution in [0.5, 0.6) is 0 Å². The van der Waals surface area contributed by atoms with Crippen LogP contribution in [-0.4, -0.2) is 68.0 Å². The van der Waals surface area contributed by atoms with Crippen molar-refractivity contribution >= 4 is 33.6 Å². The number of carbonyl (C=O) groups excluding carboxylic acids is 3. The fourth-order valence-electron chi connectivity index (χ4n) is 0.794. The summed E-state index contributed by atoms with van der Waals surface area (Å²) in [6.45, 7) is -0.0652. The van der Waals surface area contributed by atoms with E-state index < -0.39 is 16.1 Å². The molecule has 0 spiro atoms. The molecule has 0 fully saturated rings. The number of carboxylic acid groups (broad SMARTS) is 1. The van der Waals surface area contributed by atoms with Gasteiger partial charge in [-0.05, 0) is 0 Å². The first-order chi connectivity index (χ1) is 10.9. The highest BCUT2D eigenvalue weighted by molar-refractivity contribution is 7.85. The molecule has 0 atom stereocenters. The van der Waals surface area contributed by atoms with Crippen molar-refractivity contribution < 1.29 is 42.0 Å². The van der Waals surface area contributed by atoms with Gasteiger partial charge >= 0.3 is 11.9 Å². The van der Waals surface area contributed by atoms with E-state index in [1.165, 1.54) is 7.11 Å². The number of methoxy groups -OCH3 is 1. The molecule has 0 saturated heterocycles. The molecule has 0 aliphatic carbocycles. The quantitative estimate of drug-likeness (QED) is 0.280. The average molecular weight is 372 g/mol. The van der Waals surface area contributed by atoms with Crippen molar-refractivity contribution in [1.29, 1.82) is 0 Å². The summed E-state index contributed by atoms with van der Waals surface area (Å²) >= 11 is 0. The Morgan fingerprint density at radius 3 is 1.50 bits per heavy atom. The first kappa shape index (κ1) is 27.0. The van der Waals surface area contributed by atoms with Crippen molar-refractivity contribution in [3.8, 4) is 0 Å². The van der Waals surface area contributed by atoms with Gasteiger partial charge in [0.15, 0.2) is 0 Å². The number of ether oxygens (including phenoxy) is 1. The lowest BCUT2D eigenvalue weighted by atomic mass is 10.2. The van der Waals surface area contributed by atoms with Crippen molar-refractivity contribution in [1.82, 2.24) is 0 Å². The van der Waals surface area contributed by atoms with Gasteiger partial charge in [-0.1, -0.05) is 0 Å². The normalized spacial score (nSPS) is 9.54. The lowest BCUT2D eigenvalue weighted by Gasteiger charge is -1.95. The van der Waals surface area contributed by atoms with Gasteiger partial charge in [0.25, 0.3) is 10.1 Å². The number of aliphatic carboxylic acids is 1. The van der Waals surface area contributed by atoms with Crippen molar-refractivity contribution in [2.75, 3.05) is 26.5 Å². The SMILES string of the molecule is COC(=O)CCC(=O)CN.CS(=O)(=O)O.NCC(=O)CCC(=O)O. The van der Waals surface area contributed by atoms with E-state index in [-0.39, 0.29) is 56.3 Å². The molecule has 0 rings (SSSR count).